The van der Waals surface area contributed by atoms with Gasteiger partial charge in [0.1, 0.15) is 18.0 Å². The zero-order valence-corrected chi connectivity index (χ0v) is 11.0. The number of nitrogens with two attached hydrogens (primary N) is 1. The molecule has 1 aromatic heterocycles. The molecule has 7 nitrogen and oxygen atoms in total. The predicted molar refractivity (Wildman–Crippen MR) is 68.5 cm³/mol. The van der Waals surface area contributed by atoms with Crippen LogP contribution in [0.25, 0.3) is 0 Å². The molecule has 3 N–H and O–H groups in total. The van der Waals surface area contributed by atoms with Crippen LogP contribution in [0.4, 0.5) is 5.82 Å². The minimum absolute atomic E-state index is 0.141. The van der Waals surface area contributed by atoms with Gasteiger partial charge in [-0.05, 0) is 12.5 Å². The Morgan fingerprint density at radius 3 is 2.95 bits per heavy atom. The molecule has 2 heterocycles. The van der Waals surface area contributed by atoms with Gasteiger partial charge in [0.15, 0.2) is 6.23 Å². The average Bonchev–Trinajstić information content (AvgIpc) is 2.66. The van der Waals surface area contributed by atoms with E-state index >= 15 is 0 Å². The SMILES string of the molecule is CCC[C@H]1O[C@@H](n2ccc(N)nc2=O)[C@@H](O)C1OC. The predicted octanol–water partition coefficient (Wildman–Crippen LogP) is -0.101. The third-order valence-electron chi connectivity index (χ3n) is 3.28. The van der Waals surface area contributed by atoms with Gasteiger partial charge in [-0.15, -0.1) is 0 Å². The van der Waals surface area contributed by atoms with E-state index in [1.165, 1.54) is 23.9 Å². The fourth-order valence-electron chi connectivity index (χ4n) is 2.38. The number of hydrogen-bond donors (Lipinski definition) is 2. The maximum absolute atomic E-state index is 11.8. The van der Waals surface area contributed by atoms with Gasteiger partial charge in [-0.25, -0.2) is 4.79 Å². The van der Waals surface area contributed by atoms with Crippen LogP contribution in [0.15, 0.2) is 17.1 Å². The van der Waals surface area contributed by atoms with Crippen LogP contribution < -0.4 is 11.4 Å². The van der Waals surface area contributed by atoms with Crippen LogP contribution in [0, 0.1) is 0 Å². The van der Waals surface area contributed by atoms with E-state index in [1.54, 1.807) is 0 Å². The number of nitrogens with zero attached hydrogens (tertiary/aromatic N) is 2. The molecule has 0 spiro atoms. The van der Waals surface area contributed by atoms with Gasteiger partial charge in [0.05, 0.1) is 6.10 Å². The van der Waals surface area contributed by atoms with Gasteiger partial charge in [-0.1, -0.05) is 13.3 Å². The molecule has 0 bridgehead atoms. The fourth-order valence-corrected chi connectivity index (χ4v) is 2.38. The van der Waals surface area contributed by atoms with E-state index in [0.717, 1.165) is 12.8 Å². The quantitative estimate of drug-likeness (QED) is 0.791. The zero-order chi connectivity index (χ0) is 14.0. The highest BCUT2D eigenvalue weighted by Crippen LogP contribution is 2.32. The molecule has 0 saturated carbocycles. The number of rotatable bonds is 4. The molecule has 4 atom stereocenters. The van der Waals surface area contributed by atoms with E-state index in [2.05, 4.69) is 4.98 Å². The summed E-state index contributed by atoms with van der Waals surface area (Å²) in [6.07, 6.45) is 0.738. The molecule has 7 heteroatoms. The van der Waals surface area contributed by atoms with Gasteiger partial charge >= 0.3 is 5.69 Å². The molecule has 0 radical (unpaired) electrons. The fraction of sp³-hybridized carbons (Fsp3) is 0.667. The van der Waals surface area contributed by atoms with Gasteiger partial charge in [0, 0.05) is 13.3 Å². The Balaban J connectivity index is 2.28. The number of aromatic nitrogens is 2. The second-order valence-electron chi connectivity index (χ2n) is 4.59. The molecular formula is C12H19N3O4. The Hall–Kier alpha value is -1.44. The van der Waals surface area contributed by atoms with Gasteiger partial charge in [0.2, 0.25) is 0 Å². The van der Waals surface area contributed by atoms with Crippen molar-refractivity contribution in [2.75, 3.05) is 12.8 Å². The van der Waals surface area contributed by atoms with Crippen LogP contribution in [-0.4, -0.2) is 40.1 Å². The van der Waals surface area contributed by atoms with Crippen molar-refractivity contribution in [1.29, 1.82) is 0 Å². The third kappa shape index (κ3) is 2.63. The Kier molecular flexibility index (Phi) is 4.18. The molecule has 1 aliphatic rings. The van der Waals surface area contributed by atoms with Crippen LogP contribution in [0.1, 0.15) is 26.0 Å². The lowest BCUT2D eigenvalue weighted by atomic mass is 10.1. The van der Waals surface area contributed by atoms with Crippen LogP contribution in [-0.2, 0) is 9.47 Å². The first-order chi connectivity index (χ1) is 9.08. The van der Waals surface area contributed by atoms with Crippen LogP contribution in [0.2, 0.25) is 0 Å². The van der Waals surface area contributed by atoms with Crippen LogP contribution >= 0.6 is 0 Å². The summed E-state index contributed by atoms with van der Waals surface area (Å²) in [5.74, 6) is 0.141. The molecular weight excluding hydrogens is 250 g/mol. The lowest BCUT2D eigenvalue weighted by molar-refractivity contribution is -0.0418. The Morgan fingerprint density at radius 2 is 2.37 bits per heavy atom. The van der Waals surface area contributed by atoms with E-state index < -0.39 is 24.1 Å². The number of methoxy groups -OCH3 is 1. The minimum Gasteiger partial charge on any atom is -0.386 e. The number of nitrogen functional groups attached to an aromatic ring is 1. The summed E-state index contributed by atoms with van der Waals surface area (Å²) in [5, 5.41) is 10.2. The first-order valence-corrected chi connectivity index (χ1v) is 6.29. The zero-order valence-electron chi connectivity index (χ0n) is 11.0. The molecule has 106 valence electrons. The molecule has 1 unspecified atom stereocenters. The molecule has 2 rings (SSSR count). The second kappa shape index (κ2) is 5.68. The normalized spacial score (nSPS) is 30.7. The molecule has 0 amide bonds. The van der Waals surface area contributed by atoms with E-state index in [4.69, 9.17) is 15.2 Å². The summed E-state index contributed by atoms with van der Waals surface area (Å²) in [5.41, 5.74) is 4.89. The molecule has 0 aliphatic carbocycles. The highest BCUT2D eigenvalue weighted by atomic mass is 16.6. The van der Waals surface area contributed by atoms with Crippen molar-refractivity contribution < 1.29 is 14.6 Å². The van der Waals surface area contributed by atoms with Crippen LogP contribution in [0.3, 0.4) is 0 Å². The van der Waals surface area contributed by atoms with Crippen molar-refractivity contribution >= 4 is 5.82 Å². The minimum atomic E-state index is -0.912. The van der Waals surface area contributed by atoms with E-state index in [1.807, 2.05) is 6.92 Å². The summed E-state index contributed by atoms with van der Waals surface area (Å²) >= 11 is 0. The first-order valence-electron chi connectivity index (χ1n) is 6.29. The van der Waals surface area contributed by atoms with Gasteiger partial charge in [-0.2, -0.15) is 4.98 Å². The maximum atomic E-state index is 11.8. The number of hydrogen-bond acceptors (Lipinski definition) is 6. The van der Waals surface area contributed by atoms with Crippen molar-refractivity contribution in [2.24, 2.45) is 0 Å². The Bertz CT molecular complexity index is 490. The number of aliphatic hydroxyl groups excluding tert-OH is 1. The van der Waals surface area contributed by atoms with Crippen molar-refractivity contribution in [3.8, 4) is 0 Å². The van der Waals surface area contributed by atoms with Crippen molar-refractivity contribution in [2.45, 2.75) is 44.3 Å². The maximum Gasteiger partial charge on any atom is 0.351 e. The van der Waals surface area contributed by atoms with E-state index in [0.29, 0.717) is 0 Å². The molecule has 1 fully saturated rings. The second-order valence-corrected chi connectivity index (χ2v) is 4.59. The lowest BCUT2D eigenvalue weighted by Crippen LogP contribution is -2.36. The number of ether oxygens (including phenoxy) is 2. The van der Waals surface area contributed by atoms with Crippen LogP contribution in [0.5, 0.6) is 0 Å². The standard InChI is InChI=1S/C12H19N3O4/c1-3-4-7-10(18-2)9(16)11(19-7)15-6-5-8(13)14-12(15)17/h5-7,9-11,16H,3-4H2,1-2H3,(H2,13,14,17)/t7-,9+,10?,11-/m1/s1. The van der Waals surface area contributed by atoms with E-state index in [9.17, 15) is 9.90 Å². The van der Waals surface area contributed by atoms with Gasteiger partial charge in [-0.3, -0.25) is 4.57 Å². The summed E-state index contributed by atoms with van der Waals surface area (Å²) in [4.78, 5) is 15.4. The summed E-state index contributed by atoms with van der Waals surface area (Å²) < 4.78 is 12.2. The van der Waals surface area contributed by atoms with Crippen molar-refractivity contribution in [3.63, 3.8) is 0 Å². The average molecular weight is 269 g/mol. The van der Waals surface area contributed by atoms with Crippen molar-refractivity contribution in [3.05, 3.63) is 22.7 Å². The van der Waals surface area contributed by atoms with E-state index in [-0.39, 0.29) is 11.9 Å². The lowest BCUT2D eigenvalue weighted by Gasteiger charge is -2.18. The van der Waals surface area contributed by atoms with Crippen molar-refractivity contribution in [1.82, 2.24) is 9.55 Å². The molecule has 0 aromatic carbocycles. The topological polar surface area (TPSA) is 99.6 Å². The largest absolute Gasteiger partial charge is 0.386 e. The monoisotopic (exact) mass is 269 g/mol. The summed E-state index contributed by atoms with van der Waals surface area (Å²) in [6.45, 7) is 2.02. The smallest absolute Gasteiger partial charge is 0.351 e. The van der Waals surface area contributed by atoms with Gasteiger partial charge in [0.25, 0.3) is 0 Å². The Labute approximate surface area is 111 Å². The van der Waals surface area contributed by atoms with Gasteiger partial charge < -0.3 is 20.3 Å². The number of aliphatic hydroxyl groups is 1. The Morgan fingerprint density at radius 1 is 1.63 bits per heavy atom. The molecule has 1 aliphatic heterocycles. The highest BCUT2D eigenvalue weighted by Gasteiger charge is 2.44. The number of anilines is 1. The summed E-state index contributed by atoms with van der Waals surface area (Å²) in [7, 11) is 1.52. The molecule has 1 aromatic rings. The molecule has 19 heavy (non-hydrogen) atoms. The highest BCUT2D eigenvalue weighted by molar-refractivity contribution is 5.23. The summed E-state index contributed by atoms with van der Waals surface area (Å²) in [6, 6.07) is 1.49. The first kappa shape index (κ1) is 14.0. The third-order valence-corrected chi connectivity index (χ3v) is 3.28. The molecule has 1 saturated heterocycles.